The summed E-state index contributed by atoms with van der Waals surface area (Å²) in [6.45, 7) is 5.43. The first-order chi connectivity index (χ1) is 7.79. The zero-order chi connectivity index (χ0) is 13.2. The Bertz CT molecular complexity index is 429. The summed E-state index contributed by atoms with van der Waals surface area (Å²) in [6, 6.07) is 5.59. The van der Waals surface area contributed by atoms with Crippen molar-refractivity contribution in [2.24, 2.45) is 0 Å². The summed E-state index contributed by atoms with van der Waals surface area (Å²) in [5, 5.41) is 9.37. The second-order valence-corrected chi connectivity index (χ2v) is 5.66. The van der Waals surface area contributed by atoms with Crippen molar-refractivity contribution in [3.63, 3.8) is 0 Å². The Morgan fingerprint density at radius 2 is 2.06 bits per heavy atom. The van der Waals surface area contributed by atoms with Gasteiger partial charge in [0.25, 0.3) is 0 Å². The lowest BCUT2D eigenvalue weighted by Crippen LogP contribution is -2.45. The number of rotatable bonds is 4. The van der Waals surface area contributed by atoms with E-state index in [0.29, 0.717) is 5.56 Å². The third-order valence-electron chi connectivity index (χ3n) is 2.99. The average molecular weight is 300 g/mol. The van der Waals surface area contributed by atoms with Gasteiger partial charge in [-0.3, -0.25) is 4.79 Å². The quantitative estimate of drug-likeness (QED) is 0.869. The summed E-state index contributed by atoms with van der Waals surface area (Å²) in [5.74, 6) is 0.0156. The van der Waals surface area contributed by atoms with Crippen molar-refractivity contribution in [3.8, 4) is 0 Å². The van der Waals surface area contributed by atoms with E-state index in [4.69, 9.17) is 0 Å². The molecule has 0 fully saturated rings. The molecule has 0 saturated carbocycles. The predicted octanol–water partition coefficient (Wildman–Crippen LogP) is 2.86. The third-order valence-corrected chi connectivity index (χ3v) is 3.49. The molecule has 0 aliphatic carbocycles. The number of Topliss-reactive ketones (excluding diaryl/α,β-unsaturated/α-hetero) is 1. The number of anilines is 1. The second kappa shape index (κ2) is 5.19. The number of aliphatic hydroxyl groups excluding tert-OH is 1. The predicted molar refractivity (Wildman–Crippen MR) is 73.7 cm³/mol. The van der Waals surface area contributed by atoms with Crippen molar-refractivity contribution < 1.29 is 9.90 Å². The van der Waals surface area contributed by atoms with Crippen LogP contribution in [-0.4, -0.2) is 30.1 Å². The van der Waals surface area contributed by atoms with E-state index in [0.717, 1.165) is 10.2 Å². The number of aliphatic hydroxyl groups is 1. The van der Waals surface area contributed by atoms with Gasteiger partial charge in [-0.1, -0.05) is 15.9 Å². The van der Waals surface area contributed by atoms with Crippen LogP contribution in [0.25, 0.3) is 0 Å². The van der Waals surface area contributed by atoms with Crippen molar-refractivity contribution >= 4 is 27.4 Å². The number of nitrogens with zero attached hydrogens (tertiary/aromatic N) is 1. The van der Waals surface area contributed by atoms with E-state index in [9.17, 15) is 9.90 Å². The van der Waals surface area contributed by atoms with E-state index in [2.05, 4.69) is 15.9 Å². The fraction of sp³-hybridized carbons (Fsp3) is 0.462. The molecule has 0 atom stereocenters. The van der Waals surface area contributed by atoms with Crippen LogP contribution in [0, 0.1) is 0 Å². The summed E-state index contributed by atoms with van der Waals surface area (Å²) in [4.78, 5) is 13.6. The highest BCUT2D eigenvalue weighted by atomic mass is 79.9. The molecule has 0 saturated heterocycles. The van der Waals surface area contributed by atoms with Crippen LogP contribution in [0.15, 0.2) is 22.7 Å². The molecule has 0 radical (unpaired) electrons. The Morgan fingerprint density at radius 1 is 1.47 bits per heavy atom. The summed E-state index contributed by atoms with van der Waals surface area (Å²) in [6.07, 6.45) is 0. The highest BCUT2D eigenvalue weighted by Crippen LogP contribution is 2.28. The highest BCUT2D eigenvalue weighted by Gasteiger charge is 2.25. The van der Waals surface area contributed by atoms with Gasteiger partial charge < -0.3 is 10.0 Å². The van der Waals surface area contributed by atoms with Gasteiger partial charge in [-0.15, -0.1) is 0 Å². The van der Waals surface area contributed by atoms with Gasteiger partial charge in [-0.25, -0.2) is 0 Å². The Labute approximate surface area is 111 Å². The van der Waals surface area contributed by atoms with Crippen LogP contribution in [0.4, 0.5) is 5.69 Å². The van der Waals surface area contributed by atoms with Gasteiger partial charge in [0, 0.05) is 22.8 Å². The number of carbonyl (C=O) groups excluding carboxylic acids is 1. The number of benzene rings is 1. The molecule has 0 heterocycles. The first-order valence-electron chi connectivity index (χ1n) is 5.45. The van der Waals surface area contributed by atoms with Gasteiger partial charge in [-0.05, 0) is 39.0 Å². The van der Waals surface area contributed by atoms with Gasteiger partial charge in [0.2, 0.25) is 0 Å². The molecule has 3 nitrogen and oxygen atoms in total. The van der Waals surface area contributed by atoms with Crippen LogP contribution in [-0.2, 0) is 0 Å². The summed E-state index contributed by atoms with van der Waals surface area (Å²) < 4.78 is 0.877. The molecule has 17 heavy (non-hydrogen) atoms. The Hall–Kier alpha value is -0.870. The molecule has 0 aliphatic heterocycles. The highest BCUT2D eigenvalue weighted by molar-refractivity contribution is 9.10. The molecule has 1 aromatic carbocycles. The number of hydrogen-bond acceptors (Lipinski definition) is 3. The lowest BCUT2D eigenvalue weighted by Gasteiger charge is -2.36. The fourth-order valence-electron chi connectivity index (χ4n) is 1.51. The smallest absolute Gasteiger partial charge is 0.161 e. The summed E-state index contributed by atoms with van der Waals surface area (Å²) in [5.41, 5.74) is 1.08. The van der Waals surface area contributed by atoms with E-state index in [1.165, 1.54) is 0 Å². The zero-order valence-electron chi connectivity index (χ0n) is 10.6. The maximum Gasteiger partial charge on any atom is 0.161 e. The summed E-state index contributed by atoms with van der Waals surface area (Å²) in [7, 11) is 1.88. The first kappa shape index (κ1) is 14.2. The zero-order valence-corrected chi connectivity index (χ0v) is 12.2. The SMILES string of the molecule is CC(=O)c1cc(Br)ccc1N(C)C(C)(C)CO. The monoisotopic (exact) mass is 299 g/mol. The molecule has 94 valence electrons. The molecule has 4 heteroatoms. The molecule has 1 N–H and O–H groups in total. The lowest BCUT2D eigenvalue weighted by atomic mass is 10.0. The van der Waals surface area contributed by atoms with Gasteiger partial charge in [0.1, 0.15) is 0 Å². The lowest BCUT2D eigenvalue weighted by molar-refractivity contribution is 0.101. The fourth-order valence-corrected chi connectivity index (χ4v) is 1.88. The molecule has 0 amide bonds. The topological polar surface area (TPSA) is 40.5 Å². The largest absolute Gasteiger partial charge is 0.394 e. The van der Waals surface area contributed by atoms with Crippen molar-refractivity contribution in [2.45, 2.75) is 26.3 Å². The molecule has 0 unspecified atom stereocenters. The van der Waals surface area contributed by atoms with Crippen LogP contribution >= 0.6 is 15.9 Å². The van der Waals surface area contributed by atoms with E-state index in [1.54, 1.807) is 6.92 Å². The van der Waals surface area contributed by atoms with Crippen LogP contribution in [0.1, 0.15) is 31.1 Å². The molecule has 0 spiro atoms. The van der Waals surface area contributed by atoms with Crippen LogP contribution in [0.3, 0.4) is 0 Å². The van der Waals surface area contributed by atoms with Crippen LogP contribution < -0.4 is 4.90 Å². The minimum absolute atomic E-state index is 0.0156. The van der Waals surface area contributed by atoms with E-state index < -0.39 is 5.54 Å². The Morgan fingerprint density at radius 3 is 2.53 bits per heavy atom. The standard InChI is InChI=1S/C13H18BrNO2/c1-9(17)11-7-10(14)5-6-12(11)15(4)13(2,3)8-16/h5-7,16H,8H2,1-4H3. The van der Waals surface area contributed by atoms with E-state index in [1.807, 2.05) is 44.0 Å². The van der Waals surface area contributed by atoms with Crippen LogP contribution in [0.5, 0.6) is 0 Å². The molecule has 0 bridgehead atoms. The van der Waals surface area contributed by atoms with Crippen molar-refractivity contribution in [2.75, 3.05) is 18.6 Å². The number of halogens is 1. The summed E-state index contributed by atoms with van der Waals surface area (Å²) >= 11 is 3.36. The normalized spacial score (nSPS) is 11.4. The van der Waals surface area contributed by atoms with Crippen molar-refractivity contribution in [1.29, 1.82) is 0 Å². The van der Waals surface area contributed by atoms with E-state index >= 15 is 0 Å². The van der Waals surface area contributed by atoms with Crippen LogP contribution in [0.2, 0.25) is 0 Å². The molecule has 1 rings (SSSR count). The minimum Gasteiger partial charge on any atom is -0.394 e. The number of carbonyl (C=O) groups is 1. The molecule has 0 aliphatic rings. The molecular weight excluding hydrogens is 282 g/mol. The van der Waals surface area contributed by atoms with E-state index in [-0.39, 0.29) is 12.4 Å². The number of hydrogen-bond donors (Lipinski definition) is 1. The molecule has 0 aromatic heterocycles. The molecular formula is C13H18BrNO2. The van der Waals surface area contributed by atoms with Gasteiger partial charge >= 0.3 is 0 Å². The molecule has 1 aromatic rings. The third kappa shape index (κ3) is 3.07. The van der Waals surface area contributed by atoms with Gasteiger partial charge in [0.05, 0.1) is 12.1 Å². The maximum atomic E-state index is 11.6. The van der Waals surface area contributed by atoms with Crippen molar-refractivity contribution in [1.82, 2.24) is 0 Å². The average Bonchev–Trinajstić information content (AvgIpc) is 2.28. The Kier molecular flexibility index (Phi) is 4.33. The maximum absolute atomic E-state index is 11.6. The Balaban J connectivity index is 3.26. The second-order valence-electron chi connectivity index (χ2n) is 4.75. The number of ketones is 1. The van der Waals surface area contributed by atoms with Gasteiger partial charge in [0.15, 0.2) is 5.78 Å². The number of likely N-dealkylation sites (N-methyl/N-ethyl adjacent to an activating group) is 1. The van der Waals surface area contributed by atoms with Gasteiger partial charge in [-0.2, -0.15) is 0 Å². The first-order valence-corrected chi connectivity index (χ1v) is 6.24. The minimum atomic E-state index is -0.405. The van der Waals surface area contributed by atoms with Crippen molar-refractivity contribution in [3.05, 3.63) is 28.2 Å².